The summed E-state index contributed by atoms with van der Waals surface area (Å²) in [6.07, 6.45) is 0.173. The average molecular weight is 287 g/mol. The number of carbonyl (C=O) groups is 2. The van der Waals surface area contributed by atoms with E-state index in [1.54, 1.807) is 6.07 Å². The van der Waals surface area contributed by atoms with Gasteiger partial charge in [0.25, 0.3) is 0 Å². The minimum absolute atomic E-state index is 0.160. The number of urea groups is 1. The molecule has 3 amide bonds. The molecule has 0 bridgehead atoms. The van der Waals surface area contributed by atoms with Crippen LogP contribution in [0, 0.1) is 5.82 Å². The van der Waals surface area contributed by atoms with Gasteiger partial charge in [0.15, 0.2) is 0 Å². The molecule has 1 aliphatic rings. The summed E-state index contributed by atoms with van der Waals surface area (Å²) in [5.74, 6) is -0.840. The highest BCUT2D eigenvalue weighted by Crippen LogP contribution is 2.30. The molecular formula is C10H8BrFN2O2. The van der Waals surface area contributed by atoms with E-state index in [0.717, 1.165) is 0 Å². The lowest BCUT2D eigenvalue weighted by Gasteiger charge is -2.27. The monoisotopic (exact) mass is 286 g/mol. The molecule has 1 aromatic carbocycles. The number of benzene rings is 1. The fourth-order valence-electron chi connectivity index (χ4n) is 1.52. The first-order valence-electron chi connectivity index (χ1n) is 4.65. The highest BCUT2D eigenvalue weighted by atomic mass is 79.9. The van der Waals surface area contributed by atoms with Crippen LogP contribution in [0.3, 0.4) is 0 Å². The SMILES string of the molecule is O=C1CCN(c2c(F)cccc2Br)C(=O)N1. The zero-order chi connectivity index (χ0) is 11.7. The van der Waals surface area contributed by atoms with Gasteiger partial charge >= 0.3 is 6.03 Å². The predicted octanol–water partition coefficient (Wildman–Crippen LogP) is 2.03. The number of nitrogens with one attached hydrogen (secondary N) is 1. The minimum atomic E-state index is -0.595. The van der Waals surface area contributed by atoms with E-state index in [0.29, 0.717) is 4.47 Å². The second-order valence-corrected chi connectivity index (χ2v) is 4.18. The number of halogens is 2. The standard InChI is InChI=1S/C10H8BrFN2O2/c11-6-2-1-3-7(12)9(6)14-5-4-8(15)13-10(14)16/h1-3H,4-5H2,(H,13,15,16). The van der Waals surface area contributed by atoms with Crippen LogP contribution in [0.25, 0.3) is 0 Å². The van der Waals surface area contributed by atoms with E-state index in [2.05, 4.69) is 21.2 Å². The fraction of sp³-hybridized carbons (Fsp3) is 0.200. The Bertz CT molecular complexity index is 444. The normalized spacial score (nSPS) is 16.2. The minimum Gasteiger partial charge on any atom is -0.290 e. The summed E-state index contributed by atoms with van der Waals surface area (Å²) in [4.78, 5) is 23.7. The van der Waals surface area contributed by atoms with Crippen LogP contribution in [-0.2, 0) is 4.79 Å². The summed E-state index contributed by atoms with van der Waals surface area (Å²) in [7, 11) is 0. The van der Waals surface area contributed by atoms with E-state index in [4.69, 9.17) is 0 Å². The first-order valence-corrected chi connectivity index (χ1v) is 5.44. The molecule has 0 atom stereocenters. The number of amides is 3. The molecule has 16 heavy (non-hydrogen) atoms. The third kappa shape index (κ3) is 1.92. The molecule has 0 saturated carbocycles. The van der Waals surface area contributed by atoms with Crippen molar-refractivity contribution in [3.8, 4) is 0 Å². The Morgan fingerprint density at radius 3 is 2.75 bits per heavy atom. The van der Waals surface area contributed by atoms with Crippen molar-refractivity contribution in [3.05, 3.63) is 28.5 Å². The van der Waals surface area contributed by atoms with Crippen molar-refractivity contribution in [3.63, 3.8) is 0 Å². The van der Waals surface area contributed by atoms with Crippen molar-refractivity contribution in [2.24, 2.45) is 0 Å². The van der Waals surface area contributed by atoms with Gasteiger partial charge in [0.1, 0.15) is 5.82 Å². The summed E-state index contributed by atoms with van der Waals surface area (Å²) in [6, 6.07) is 3.85. The van der Waals surface area contributed by atoms with Gasteiger partial charge in [-0.2, -0.15) is 0 Å². The smallest absolute Gasteiger partial charge is 0.290 e. The highest BCUT2D eigenvalue weighted by molar-refractivity contribution is 9.10. The topological polar surface area (TPSA) is 49.4 Å². The number of hydrogen-bond donors (Lipinski definition) is 1. The fourth-order valence-corrected chi connectivity index (χ4v) is 2.08. The number of anilines is 1. The third-order valence-electron chi connectivity index (χ3n) is 2.26. The molecule has 0 unspecified atom stereocenters. The lowest BCUT2D eigenvalue weighted by molar-refractivity contribution is -0.120. The number of para-hydroxylation sites is 1. The highest BCUT2D eigenvalue weighted by Gasteiger charge is 2.27. The Morgan fingerprint density at radius 1 is 1.38 bits per heavy atom. The average Bonchev–Trinajstić information content (AvgIpc) is 2.20. The van der Waals surface area contributed by atoms with Gasteiger partial charge in [-0.05, 0) is 28.1 Å². The molecule has 1 aliphatic heterocycles. The maximum absolute atomic E-state index is 13.6. The first-order chi connectivity index (χ1) is 7.59. The van der Waals surface area contributed by atoms with Gasteiger partial charge < -0.3 is 0 Å². The quantitative estimate of drug-likeness (QED) is 0.859. The van der Waals surface area contributed by atoms with Crippen molar-refractivity contribution < 1.29 is 14.0 Å². The van der Waals surface area contributed by atoms with E-state index >= 15 is 0 Å². The van der Waals surface area contributed by atoms with Gasteiger partial charge in [-0.15, -0.1) is 0 Å². The molecule has 1 aromatic rings. The molecule has 1 saturated heterocycles. The lowest BCUT2D eigenvalue weighted by Crippen LogP contribution is -2.50. The number of carbonyl (C=O) groups excluding carboxylic acids is 2. The molecular weight excluding hydrogens is 279 g/mol. The maximum atomic E-state index is 13.6. The van der Waals surface area contributed by atoms with Crippen molar-refractivity contribution in [1.82, 2.24) is 5.32 Å². The molecule has 1 fully saturated rings. The Kier molecular flexibility index (Phi) is 2.91. The Labute approximate surface area is 99.6 Å². The van der Waals surface area contributed by atoms with E-state index < -0.39 is 11.8 Å². The van der Waals surface area contributed by atoms with Crippen molar-refractivity contribution in [1.29, 1.82) is 0 Å². The van der Waals surface area contributed by atoms with E-state index in [9.17, 15) is 14.0 Å². The summed E-state index contributed by atoms with van der Waals surface area (Å²) >= 11 is 3.18. The van der Waals surface area contributed by atoms with Gasteiger partial charge in [-0.3, -0.25) is 15.0 Å². The van der Waals surface area contributed by atoms with Crippen molar-refractivity contribution >= 4 is 33.6 Å². The summed E-state index contributed by atoms with van der Waals surface area (Å²) in [6.45, 7) is 0.185. The van der Waals surface area contributed by atoms with Crippen LogP contribution in [-0.4, -0.2) is 18.5 Å². The van der Waals surface area contributed by atoms with Crippen molar-refractivity contribution in [2.45, 2.75) is 6.42 Å². The molecule has 1 heterocycles. The Balaban J connectivity index is 2.37. The number of rotatable bonds is 1. The van der Waals surface area contributed by atoms with E-state index in [1.165, 1.54) is 17.0 Å². The van der Waals surface area contributed by atoms with Gasteiger partial charge in [0, 0.05) is 17.4 Å². The zero-order valence-corrected chi connectivity index (χ0v) is 9.75. The van der Waals surface area contributed by atoms with Crippen LogP contribution in [0.1, 0.15) is 6.42 Å². The van der Waals surface area contributed by atoms with E-state index in [-0.39, 0.29) is 24.6 Å². The summed E-state index contributed by atoms with van der Waals surface area (Å²) in [5, 5.41) is 2.14. The molecule has 6 heteroatoms. The molecule has 0 aromatic heterocycles. The number of hydrogen-bond acceptors (Lipinski definition) is 2. The van der Waals surface area contributed by atoms with Crippen LogP contribution in [0.2, 0.25) is 0 Å². The lowest BCUT2D eigenvalue weighted by atomic mass is 10.2. The van der Waals surface area contributed by atoms with Crippen molar-refractivity contribution in [2.75, 3.05) is 11.4 Å². The van der Waals surface area contributed by atoms with Gasteiger partial charge in [0.05, 0.1) is 5.69 Å². The molecule has 0 radical (unpaired) electrons. The molecule has 0 spiro atoms. The van der Waals surface area contributed by atoms with Gasteiger partial charge in [-0.1, -0.05) is 6.07 Å². The van der Waals surface area contributed by atoms with Crippen LogP contribution in [0.4, 0.5) is 14.9 Å². The molecule has 4 nitrogen and oxygen atoms in total. The van der Waals surface area contributed by atoms with Crippen LogP contribution in [0.15, 0.2) is 22.7 Å². The summed E-state index contributed by atoms with van der Waals surface area (Å²) in [5.41, 5.74) is 0.160. The molecule has 1 N–H and O–H groups in total. The second kappa shape index (κ2) is 4.21. The summed E-state index contributed by atoms with van der Waals surface area (Å²) < 4.78 is 14.1. The van der Waals surface area contributed by atoms with Gasteiger partial charge in [0.2, 0.25) is 5.91 Å². The maximum Gasteiger partial charge on any atom is 0.328 e. The Morgan fingerprint density at radius 2 is 2.12 bits per heavy atom. The molecule has 0 aliphatic carbocycles. The third-order valence-corrected chi connectivity index (χ3v) is 2.90. The van der Waals surface area contributed by atoms with Gasteiger partial charge in [-0.25, -0.2) is 9.18 Å². The number of imide groups is 1. The molecule has 84 valence electrons. The second-order valence-electron chi connectivity index (χ2n) is 3.33. The van der Waals surface area contributed by atoms with Crippen LogP contribution < -0.4 is 10.2 Å². The first kappa shape index (κ1) is 11.1. The Hall–Kier alpha value is -1.43. The van der Waals surface area contributed by atoms with Crippen LogP contribution in [0.5, 0.6) is 0 Å². The number of nitrogens with zero attached hydrogens (tertiary/aromatic N) is 1. The largest absolute Gasteiger partial charge is 0.328 e. The van der Waals surface area contributed by atoms with Crippen LogP contribution >= 0.6 is 15.9 Å². The predicted molar refractivity (Wildman–Crippen MR) is 59.6 cm³/mol. The van der Waals surface area contributed by atoms with E-state index in [1.807, 2.05) is 0 Å². The zero-order valence-electron chi connectivity index (χ0n) is 8.17. The molecule has 2 rings (SSSR count).